The van der Waals surface area contributed by atoms with Gasteiger partial charge in [-0.1, -0.05) is 12.1 Å². The van der Waals surface area contributed by atoms with Crippen molar-refractivity contribution in [2.24, 2.45) is 0 Å². The van der Waals surface area contributed by atoms with Gasteiger partial charge in [-0.3, -0.25) is 9.78 Å². The molecule has 1 N–H and O–H groups in total. The van der Waals surface area contributed by atoms with E-state index in [1.165, 1.54) is 11.3 Å². The zero-order valence-corrected chi connectivity index (χ0v) is 12.3. The van der Waals surface area contributed by atoms with E-state index in [0.717, 1.165) is 10.4 Å². The van der Waals surface area contributed by atoms with Gasteiger partial charge in [-0.2, -0.15) is 5.26 Å². The summed E-state index contributed by atoms with van der Waals surface area (Å²) < 4.78 is 0. The second-order valence-electron chi connectivity index (χ2n) is 4.55. The fourth-order valence-electron chi connectivity index (χ4n) is 1.95. The van der Waals surface area contributed by atoms with Crippen LogP contribution in [0.5, 0.6) is 0 Å². The number of carbonyl (C=O) groups is 1. The van der Waals surface area contributed by atoms with Crippen LogP contribution in [0.1, 0.15) is 15.2 Å². The van der Waals surface area contributed by atoms with E-state index in [1.807, 2.05) is 18.2 Å². The highest BCUT2D eigenvalue weighted by Gasteiger charge is 2.10. The first-order valence-electron chi connectivity index (χ1n) is 6.58. The van der Waals surface area contributed by atoms with Crippen molar-refractivity contribution in [1.29, 1.82) is 5.26 Å². The summed E-state index contributed by atoms with van der Waals surface area (Å²) in [5.41, 5.74) is 2.28. The monoisotopic (exact) mass is 305 g/mol. The summed E-state index contributed by atoms with van der Waals surface area (Å²) in [5.74, 6) is -0.155. The lowest BCUT2D eigenvalue weighted by molar-refractivity contribution is 0.103. The summed E-state index contributed by atoms with van der Waals surface area (Å²) in [7, 11) is 0. The van der Waals surface area contributed by atoms with Crippen molar-refractivity contribution in [1.82, 2.24) is 4.98 Å². The lowest BCUT2D eigenvalue weighted by Gasteiger charge is -2.01. The maximum atomic E-state index is 12.2. The van der Waals surface area contributed by atoms with Crippen LogP contribution in [0, 0.1) is 11.3 Å². The predicted octanol–water partition coefficient (Wildman–Crippen LogP) is 3.93. The second kappa shape index (κ2) is 6.20. The van der Waals surface area contributed by atoms with Crippen LogP contribution in [0.3, 0.4) is 0 Å². The topological polar surface area (TPSA) is 65.8 Å². The largest absolute Gasteiger partial charge is 0.320 e. The molecule has 22 heavy (non-hydrogen) atoms. The number of benzene rings is 1. The number of anilines is 1. The molecular formula is C17H11N3OS. The summed E-state index contributed by atoms with van der Waals surface area (Å²) in [6, 6.07) is 16.7. The van der Waals surface area contributed by atoms with Gasteiger partial charge in [0.25, 0.3) is 5.91 Å². The second-order valence-corrected chi connectivity index (χ2v) is 5.63. The Labute approximate surface area is 131 Å². The maximum Gasteiger partial charge on any atom is 0.265 e. The van der Waals surface area contributed by atoms with Crippen LogP contribution in [-0.2, 0) is 0 Å². The number of nitrogens with one attached hydrogen (secondary N) is 1. The molecule has 0 aliphatic heterocycles. The Balaban J connectivity index is 1.78. The van der Waals surface area contributed by atoms with Crippen molar-refractivity contribution in [3.8, 4) is 16.5 Å². The molecule has 1 amide bonds. The van der Waals surface area contributed by atoms with Crippen LogP contribution in [0.2, 0.25) is 0 Å². The number of hydrogen-bond acceptors (Lipinski definition) is 4. The highest BCUT2D eigenvalue weighted by Crippen LogP contribution is 2.28. The average molecular weight is 305 g/mol. The average Bonchev–Trinajstić information content (AvgIpc) is 3.06. The molecule has 0 spiro atoms. The minimum atomic E-state index is -0.155. The molecule has 0 saturated carbocycles. The molecule has 3 aromatic rings. The third-order valence-corrected chi connectivity index (χ3v) is 4.18. The highest BCUT2D eigenvalue weighted by molar-refractivity contribution is 7.17. The normalized spacial score (nSPS) is 9.95. The summed E-state index contributed by atoms with van der Waals surface area (Å²) >= 11 is 1.41. The van der Waals surface area contributed by atoms with Crippen LogP contribution in [0.4, 0.5) is 5.69 Å². The Kier molecular flexibility index (Phi) is 3.95. The molecule has 2 heterocycles. The van der Waals surface area contributed by atoms with E-state index in [2.05, 4.69) is 16.4 Å². The SMILES string of the molecule is N#Cc1ccc(-c2ccc(C(=O)Nc3cccnc3)s2)cc1. The quantitative estimate of drug-likeness (QED) is 0.797. The van der Waals surface area contributed by atoms with Crippen LogP contribution >= 0.6 is 11.3 Å². The Bertz CT molecular complexity index is 832. The summed E-state index contributed by atoms with van der Waals surface area (Å²) in [6.07, 6.45) is 3.26. The smallest absolute Gasteiger partial charge is 0.265 e. The summed E-state index contributed by atoms with van der Waals surface area (Å²) in [6.45, 7) is 0. The Morgan fingerprint density at radius 1 is 1.14 bits per heavy atom. The minimum absolute atomic E-state index is 0.155. The number of nitrogens with zero attached hydrogens (tertiary/aromatic N) is 2. The van der Waals surface area contributed by atoms with E-state index in [-0.39, 0.29) is 5.91 Å². The first-order chi connectivity index (χ1) is 10.8. The first-order valence-corrected chi connectivity index (χ1v) is 7.39. The van der Waals surface area contributed by atoms with Gasteiger partial charge in [0.1, 0.15) is 0 Å². The lowest BCUT2D eigenvalue weighted by Crippen LogP contribution is -2.09. The lowest BCUT2D eigenvalue weighted by atomic mass is 10.1. The van der Waals surface area contributed by atoms with Gasteiger partial charge >= 0.3 is 0 Å². The summed E-state index contributed by atoms with van der Waals surface area (Å²) in [5, 5.41) is 11.6. The van der Waals surface area contributed by atoms with E-state index in [1.54, 1.807) is 42.7 Å². The van der Waals surface area contributed by atoms with E-state index >= 15 is 0 Å². The zero-order valence-electron chi connectivity index (χ0n) is 11.5. The molecule has 0 aliphatic rings. The van der Waals surface area contributed by atoms with Crippen molar-refractivity contribution in [2.45, 2.75) is 0 Å². The van der Waals surface area contributed by atoms with Gasteiger partial charge < -0.3 is 5.32 Å². The van der Waals surface area contributed by atoms with E-state index < -0.39 is 0 Å². The number of carbonyl (C=O) groups excluding carboxylic acids is 1. The van der Waals surface area contributed by atoms with Crippen LogP contribution in [0.25, 0.3) is 10.4 Å². The molecule has 0 bridgehead atoms. The zero-order chi connectivity index (χ0) is 15.4. The molecule has 0 aliphatic carbocycles. The molecule has 0 saturated heterocycles. The predicted molar refractivity (Wildman–Crippen MR) is 86.7 cm³/mol. The molecule has 0 radical (unpaired) electrons. The van der Waals surface area contributed by atoms with Gasteiger partial charge in [0.2, 0.25) is 0 Å². The molecular weight excluding hydrogens is 294 g/mol. The molecule has 4 nitrogen and oxygen atoms in total. The number of thiophene rings is 1. The molecule has 0 unspecified atom stereocenters. The Morgan fingerprint density at radius 2 is 1.95 bits per heavy atom. The summed E-state index contributed by atoms with van der Waals surface area (Å²) in [4.78, 5) is 17.8. The fourth-order valence-corrected chi connectivity index (χ4v) is 2.86. The van der Waals surface area contributed by atoms with Gasteiger partial charge in [0, 0.05) is 11.1 Å². The van der Waals surface area contributed by atoms with Crippen molar-refractivity contribution < 1.29 is 4.79 Å². The number of amides is 1. The van der Waals surface area contributed by atoms with E-state index in [4.69, 9.17) is 5.26 Å². The van der Waals surface area contributed by atoms with Crippen molar-refractivity contribution in [3.05, 3.63) is 71.4 Å². The highest BCUT2D eigenvalue weighted by atomic mass is 32.1. The van der Waals surface area contributed by atoms with Gasteiger partial charge in [0.05, 0.1) is 28.4 Å². The number of rotatable bonds is 3. The fraction of sp³-hybridized carbons (Fsp3) is 0. The molecule has 0 atom stereocenters. The Morgan fingerprint density at radius 3 is 2.64 bits per heavy atom. The molecule has 2 aromatic heterocycles. The number of aromatic nitrogens is 1. The Hall–Kier alpha value is -2.97. The molecule has 5 heteroatoms. The third-order valence-electron chi connectivity index (χ3n) is 3.05. The molecule has 0 fully saturated rings. The molecule has 1 aromatic carbocycles. The number of hydrogen-bond donors (Lipinski definition) is 1. The third kappa shape index (κ3) is 3.03. The molecule has 3 rings (SSSR count). The van der Waals surface area contributed by atoms with Crippen LogP contribution in [-0.4, -0.2) is 10.9 Å². The minimum Gasteiger partial charge on any atom is -0.320 e. The van der Waals surface area contributed by atoms with Gasteiger partial charge in [0.15, 0.2) is 0 Å². The van der Waals surface area contributed by atoms with Gasteiger partial charge in [-0.05, 0) is 42.0 Å². The van der Waals surface area contributed by atoms with Gasteiger partial charge in [-0.25, -0.2) is 0 Å². The van der Waals surface area contributed by atoms with Crippen molar-refractivity contribution in [2.75, 3.05) is 5.32 Å². The number of nitriles is 1. The first kappa shape index (κ1) is 14.0. The van der Waals surface area contributed by atoms with Gasteiger partial charge in [-0.15, -0.1) is 11.3 Å². The van der Waals surface area contributed by atoms with Crippen molar-refractivity contribution in [3.63, 3.8) is 0 Å². The van der Waals surface area contributed by atoms with E-state index in [9.17, 15) is 4.79 Å². The molecule has 106 valence electrons. The number of pyridine rings is 1. The van der Waals surface area contributed by atoms with Crippen molar-refractivity contribution >= 4 is 22.9 Å². The maximum absolute atomic E-state index is 12.2. The standard InChI is InChI=1S/C17H11N3OS/c18-10-12-3-5-13(6-4-12)15-7-8-16(22-15)17(21)20-14-2-1-9-19-11-14/h1-9,11H,(H,20,21). The van der Waals surface area contributed by atoms with Crippen LogP contribution < -0.4 is 5.32 Å². The van der Waals surface area contributed by atoms with Crippen LogP contribution in [0.15, 0.2) is 60.9 Å². The van der Waals surface area contributed by atoms with E-state index in [0.29, 0.717) is 16.1 Å².